The summed E-state index contributed by atoms with van der Waals surface area (Å²) < 4.78 is 41.0. The van der Waals surface area contributed by atoms with Crippen LogP contribution >= 0.6 is 11.3 Å². The Balaban J connectivity index is 1.64. The zero-order valence-corrected chi connectivity index (χ0v) is 17.2. The van der Waals surface area contributed by atoms with Crippen LogP contribution in [0.25, 0.3) is 16.0 Å². The van der Waals surface area contributed by atoms with E-state index in [1.54, 1.807) is 23.8 Å². The standard InChI is InChI=1S/C20H22F3N5OS/c1-12(26-2-4-27(5-3-26)19(23)18(21)22)16-8-13(20(24)29)6-15-7-14(10-28(15)16)17-9-25-11-30-17/h6-12,18-19H,2-5H2,1H3,(H2,24,29). The molecule has 4 heterocycles. The second-order valence-electron chi connectivity index (χ2n) is 7.38. The highest BCUT2D eigenvalue weighted by molar-refractivity contribution is 7.13. The van der Waals surface area contributed by atoms with Crippen molar-refractivity contribution in [2.45, 2.75) is 25.7 Å². The highest BCUT2D eigenvalue weighted by atomic mass is 32.1. The van der Waals surface area contributed by atoms with E-state index in [2.05, 4.69) is 9.88 Å². The molecule has 2 atom stereocenters. The topological polar surface area (TPSA) is 66.9 Å². The molecular weight excluding hydrogens is 415 g/mol. The first-order valence-corrected chi connectivity index (χ1v) is 10.5. The molecule has 3 aromatic rings. The summed E-state index contributed by atoms with van der Waals surface area (Å²) in [6, 6.07) is 5.36. The third-order valence-corrected chi connectivity index (χ3v) is 6.44. The van der Waals surface area contributed by atoms with Crippen molar-refractivity contribution in [2.75, 3.05) is 26.2 Å². The number of pyridine rings is 1. The van der Waals surface area contributed by atoms with Gasteiger partial charge in [-0.25, -0.2) is 13.2 Å². The second kappa shape index (κ2) is 8.37. The van der Waals surface area contributed by atoms with Gasteiger partial charge in [0.05, 0.1) is 10.4 Å². The van der Waals surface area contributed by atoms with Crippen molar-refractivity contribution in [3.8, 4) is 10.4 Å². The molecule has 4 rings (SSSR count). The van der Waals surface area contributed by atoms with Gasteiger partial charge >= 0.3 is 0 Å². The van der Waals surface area contributed by atoms with Gasteiger partial charge in [-0.1, -0.05) is 0 Å². The number of primary amides is 1. The number of aromatic nitrogens is 2. The largest absolute Gasteiger partial charge is 0.366 e. The maximum absolute atomic E-state index is 13.6. The minimum absolute atomic E-state index is 0.125. The normalized spacial score (nSPS) is 18.2. The fourth-order valence-corrected chi connectivity index (χ4v) is 4.52. The molecule has 1 saturated heterocycles. The van der Waals surface area contributed by atoms with Crippen molar-refractivity contribution in [2.24, 2.45) is 5.73 Å². The van der Waals surface area contributed by atoms with Crippen LogP contribution in [-0.4, -0.2) is 64.0 Å². The number of thiazole rings is 1. The number of fused-ring (bicyclic) bond motifs is 1. The summed E-state index contributed by atoms with van der Waals surface area (Å²) in [4.78, 5) is 20.3. The van der Waals surface area contributed by atoms with E-state index in [1.807, 2.05) is 23.6 Å². The van der Waals surface area contributed by atoms with Crippen LogP contribution in [0.3, 0.4) is 0 Å². The fourth-order valence-electron chi connectivity index (χ4n) is 3.92. The molecule has 1 amide bonds. The SMILES string of the molecule is CC(c1cc(C(N)=O)cc2cc(-c3cncs3)cn12)N1CCN(C(F)C(F)F)CC1. The van der Waals surface area contributed by atoms with Crippen molar-refractivity contribution in [1.82, 2.24) is 19.2 Å². The number of halogens is 3. The van der Waals surface area contributed by atoms with Gasteiger partial charge in [0, 0.05) is 67.0 Å². The van der Waals surface area contributed by atoms with Gasteiger partial charge in [-0.2, -0.15) is 0 Å². The molecule has 1 fully saturated rings. The lowest BCUT2D eigenvalue weighted by molar-refractivity contribution is -0.0687. The molecule has 0 aromatic carbocycles. The maximum atomic E-state index is 13.6. The van der Waals surface area contributed by atoms with E-state index < -0.39 is 18.6 Å². The lowest BCUT2D eigenvalue weighted by Crippen LogP contribution is -2.51. The first kappa shape index (κ1) is 20.8. The average Bonchev–Trinajstić information content (AvgIpc) is 3.41. The van der Waals surface area contributed by atoms with Gasteiger partial charge in [-0.15, -0.1) is 11.3 Å². The third kappa shape index (κ3) is 3.94. The van der Waals surface area contributed by atoms with Crippen LogP contribution in [0.5, 0.6) is 0 Å². The number of nitrogens with two attached hydrogens (primary N) is 1. The summed E-state index contributed by atoms with van der Waals surface area (Å²) in [6.45, 7) is 3.30. The van der Waals surface area contributed by atoms with E-state index in [0.29, 0.717) is 18.7 Å². The molecule has 3 aromatic heterocycles. The zero-order chi connectivity index (χ0) is 21.4. The van der Waals surface area contributed by atoms with Gasteiger partial charge in [-0.3, -0.25) is 19.6 Å². The van der Waals surface area contributed by atoms with Gasteiger partial charge in [-0.05, 0) is 25.1 Å². The molecule has 0 aliphatic carbocycles. The molecule has 30 heavy (non-hydrogen) atoms. The Morgan fingerprint density at radius 3 is 2.43 bits per heavy atom. The van der Waals surface area contributed by atoms with Gasteiger partial charge in [0.25, 0.3) is 6.43 Å². The van der Waals surface area contributed by atoms with Crippen molar-refractivity contribution >= 4 is 22.8 Å². The number of hydrogen-bond donors (Lipinski definition) is 1. The molecule has 2 unspecified atom stereocenters. The van der Waals surface area contributed by atoms with E-state index in [-0.39, 0.29) is 19.1 Å². The summed E-state index contributed by atoms with van der Waals surface area (Å²) >= 11 is 1.52. The maximum Gasteiger partial charge on any atom is 0.282 e. The summed E-state index contributed by atoms with van der Waals surface area (Å²) in [5.41, 5.74) is 10.4. The zero-order valence-electron chi connectivity index (χ0n) is 16.3. The Labute approximate surface area is 175 Å². The van der Waals surface area contributed by atoms with Crippen molar-refractivity contribution in [1.29, 1.82) is 0 Å². The number of piperazine rings is 1. The quantitative estimate of drug-likeness (QED) is 0.601. The van der Waals surface area contributed by atoms with Crippen molar-refractivity contribution in [3.63, 3.8) is 0 Å². The molecule has 0 radical (unpaired) electrons. The van der Waals surface area contributed by atoms with Crippen LogP contribution in [0.1, 0.15) is 29.0 Å². The number of nitrogens with zero attached hydrogens (tertiary/aromatic N) is 4. The van der Waals surface area contributed by atoms with Gasteiger partial charge in [0.1, 0.15) is 0 Å². The molecule has 0 bridgehead atoms. The predicted molar refractivity (Wildman–Crippen MR) is 109 cm³/mol. The van der Waals surface area contributed by atoms with Crippen LogP contribution in [-0.2, 0) is 0 Å². The van der Waals surface area contributed by atoms with Crippen LogP contribution in [0.2, 0.25) is 0 Å². The minimum Gasteiger partial charge on any atom is -0.366 e. The molecule has 0 saturated carbocycles. The highest BCUT2D eigenvalue weighted by Gasteiger charge is 2.32. The Morgan fingerprint density at radius 1 is 1.13 bits per heavy atom. The Morgan fingerprint density at radius 2 is 1.83 bits per heavy atom. The number of amides is 1. The predicted octanol–water partition coefficient (Wildman–Crippen LogP) is 3.40. The summed E-state index contributed by atoms with van der Waals surface area (Å²) in [6.07, 6.45) is -1.47. The van der Waals surface area contributed by atoms with Gasteiger partial charge < -0.3 is 10.1 Å². The first-order chi connectivity index (χ1) is 14.3. The average molecular weight is 437 g/mol. The third-order valence-electron chi connectivity index (χ3n) is 5.62. The van der Waals surface area contributed by atoms with Crippen LogP contribution in [0.4, 0.5) is 13.2 Å². The number of carbonyl (C=O) groups is 1. The van der Waals surface area contributed by atoms with E-state index in [0.717, 1.165) is 21.7 Å². The van der Waals surface area contributed by atoms with E-state index in [4.69, 9.17) is 5.73 Å². The lowest BCUT2D eigenvalue weighted by Gasteiger charge is -2.39. The molecule has 6 nitrogen and oxygen atoms in total. The summed E-state index contributed by atoms with van der Waals surface area (Å²) in [5, 5.41) is 0. The Kier molecular flexibility index (Phi) is 5.81. The minimum atomic E-state index is -3.01. The molecule has 0 spiro atoms. The second-order valence-corrected chi connectivity index (χ2v) is 8.26. The van der Waals surface area contributed by atoms with Gasteiger partial charge in [0.2, 0.25) is 12.2 Å². The monoisotopic (exact) mass is 437 g/mol. The van der Waals surface area contributed by atoms with Crippen molar-refractivity contribution < 1.29 is 18.0 Å². The molecule has 160 valence electrons. The highest BCUT2D eigenvalue weighted by Crippen LogP contribution is 2.31. The Bertz CT molecular complexity index is 1030. The number of alkyl halides is 3. The van der Waals surface area contributed by atoms with E-state index in [9.17, 15) is 18.0 Å². The first-order valence-electron chi connectivity index (χ1n) is 9.60. The molecule has 1 aliphatic rings. The molecule has 10 heteroatoms. The number of hydrogen-bond acceptors (Lipinski definition) is 5. The Hall–Kier alpha value is -2.43. The fraction of sp³-hybridized carbons (Fsp3) is 0.400. The van der Waals surface area contributed by atoms with Crippen LogP contribution < -0.4 is 5.73 Å². The summed E-state index contributed by atoms with van der Waals surface area (Å²) in [5.74, 6) is -0.520. The van der Waals surface area contributed by atoms with Crippen molar-refractivity contribution in [3.05, 3.63) is 47.4 Å². The van der Waals surface area contributed by atoms with E-state index >= 15 is 0 Å². The summed E-state index contributed by atoms with van der Waals surface area (Å²) in [7, 11) is 0. The smallest absolute Gasteiger partial charge is 0.282 e. The molecule has 1 aliphatic heterocycles. The number of carbonyl (C=O) groups excluding carboxylic acids is 1. The van der Waals surface area contributed by atoms with Crippen LogP contribution in [0, 0.1) is 0 Å². The van der Waals surface area contributed by atoms with Crippen LogP contribution in [0.15, 0.2) is 36.1 Å². The molecular formula is C20H22F3N5OS. The van der Waals surface area contributed by atoms with Gasteiger partial charge in [0.15, 0.2) is 0 Å². The lowest BCUT2D eigenvalue weighted by atomic mass is 10.1. The van der Waals surface area contributed by atoms with E-state index in [1.165, 1.54) is 16.2 Å². The number of rotatable bonds is 6. The molecule has 2 N–H and O–H groups in total.